The van der Waals surface area contributed by atoms with Gasteiger partial charge in [0.05, 0.1) is 11.7 Å². The second kappa shape index (κ2) is 4.81. The SMILES string of the molecule is O=C(Nc1ccc2[nH]ncc2c1)c1ncccc1Br. The summed E-state index contributed by atoms with van der Waals surface area (Å²) in [4.78, 5) is 16.1. The van der Waals surface area contributed by atoms with Gasteiger partial charge in [-0.1, -0.05) is 0 Å². The molecule has 2 heterocycles. The van der Waals surface area contributed by atoms with E-state index in [4.69, 9.17) is 0 Å². The van der Waals surface area contributed by atoms with E-state index in [0.717, 1.165) is 10.9 Å². The van der Waals surface area contributed by atoms with E-state index in [1.54, 1.807) is 24.5 Å². The Kier molecular flexibility index (Phi) is 3.00. The second-order valence-electron chi connectivity index (χ2n) is 3.96. The molecule has 0 spiro atoms. The summed E-state index contributed by atoms with van der Waals surface area (Å²) in [6.07, 6.45) is 3.29. The Bertz CT molecular complexity index is 753. The maximum atomic E-state index is 12.1. The fraction of sp³-hybridized carbons (Fsp3) is 0. The molecule has 3 aromatic rings. The molecule has 0 aliphatic carbocycles. The summed E-state index contributed by atoms with van der Waals surface area (Å²) in [5, 5.41) is 10.5. The number of amides is 1. The van der Waals surface area contributed by atoms with Crippen molar-refractivity contribution in [2.45, 2.75) is 0 Å². The molecule has 0 saturated heterocycles. The summed E-state index contributed by atoms with van der Waals surface area (Å²) >= 11 is 3.31. The number of nitrogens with zero attached hydrogens (tertiary/aromatic N) is 2. The van der Waals surface area contributed by atoms with Crippen LogP contribution in [0.5, 0.6) is 0 Å². The third-order valence-corrected chi connectivity index (χ3v) is 3.31. The van der Waals surface area contributed by atoms with Gasteiger partial charge in [0.1, 0.15) is 5.69 Å². The Labute approximate surface area is 117 Å². The molecule has 19 heavy (non-hydrogen) atoms. The molecule has 6 heteroatoms. The average Bonchev–Trinajstić information content (AvgIpc) is 2.86. The normalized spacial score (nSPS) is 10.6. The number of halogens is 1. The van der Waals surface area contributed by atoms with Gasteiger partial charge in [-0.05, 0) is 46.3 Å². The Morgan fingerprint density at radius 1 is 1.32 bits per heavy atom. The van der Waals surface area contributed by atoms with Gasteiger partial charge in [0, 0.05) is 21.7 Å². The Morgan fingerprint density at radius 3 is 3.05 bits per heavy atom. The number of nitrogens with one attached hydrogen (secondary N) is 2. The van der Waals surface area contributed by atoms with Crippen molar-refractivity contribution >= 4 is 38.4 Å². The zero-order valence-electron chi connectivity index (χ0n) is 9.72. The van der Waals surface area contributed by atoms with Gasteiger partial charge in [-0.3, -0.25) is 9.89 Å². The zero-order valence-corrected chi connectivity index (χ0v) is 11.3. The first kappa shape index (κ1) is 11.9. The second-order valence-corrected chi connectivity index (χ2v) is 4.81. The number of aromatic nitrogens is 3. The molecular weight excluding hydrogens is 308 g/mol. The van der Waals surface area contributed by atoms with Crippen molar-refractivity contribution in [1.29, 1.82) is 0 Å². The van der Waals surface area contributed by atoms with Crippen LogP contribution in [-0.4, -0.2) is 21.1 Å². The molecule has 0 radical (unpaired) electrons. The van der Waals surface area contributed by atoms with Crippen LogP contribution >= 0.6 is 15.9 Å². The quantitative estimate of drug-likeness (QED) is 0.763. The van der Waals surface area contributed by atoms with Crippen molar-refractivity contribution in [3.05, 3.63) is 52.9 Å². The molecule has 0 bridgehead atoms. The first-order valence-electron chi connectivity index (χ1n) is 5.59. The molecule has 0 aliphatic rings. The summed E-state index contributed by atoms with van der Waals surface area (Å²) in [7, 11) is 0. The van der Waals surface area contributed by atoms with Crippen molar-refractivity contribution in [2.24, 2.45) is 0 Å². The number of carbonyl (C=O) groups is 1. The number of hydrogen-bond donors (Lipinski definition) is 2. The summed E-state index contributed by atoms with van der Waals surface area (Å²) in [5.74, 6) is -0.254. The molecule has 3 rings (SSSR count). The van der Waals surface area contributed by atoms with Gasteiger partial charge in [-0.2, -0.15) is 5.10 Å². The molecule has 2 N–H and O–H groups in total. The molecule has 5 nitrogen and oxygen atoms in total. The number of hydrogen-bond acceptors (Lipinski definition) is 3. The van der Waals surface area contributed by atoms with E-state index in [1.165, 1.54) is 0 Å². The Balaban J connectivity index is 1.88. The Morgan fingerprint density at radius 2 is 2.21 bits per heavy atom. The number of pyridine rings is 1. The summed E-state index contributed by atoms with van der Waals surface area (Å²) in [6, 6.07) is 9.08. The van der Waals surface area contributed by atoms with Gasteiger partial charge in [-0.25, -0.2) is 4.98 Å². The molecule has 0 unspecified atom stereocenters. The number of aromatic amines is 1. The lowest BCUT2D eigenvalue weighted by Gasteiger charge is -2.05. The van der Waals surface area contributed by atoms with E-state index in [0.29, 0.717) is 15.9 Å². The molecule has 0 atom stereocenters. The predicted octanol–water partition coefficient (Wildman–Crippen LogP) is 2.97. The van der Waals surface area contributed by atoms with Crippen LogP contribution in [0.15, 0.2) is 47.2 Å². The van der Waals surface area contributed by atoms with E-state index in [1.807, 2.05) is 18.2 Å². The third kappa shape index (κ3) is 2.34. The number of benzene rings is 1. The van der Waals surface area contributed by atoms with Crippen molar-refractivity contribution in [1.82, 2.24) is 15.2 Å². The summed E-state index contributed by atoms with van der Waals surface area (Å²) < 4.78 is 0.664. The van der Waals surface area contributed by atoms with E-state index in [9.17, 15) is 4.79 Å². The minimum atomic E-state index is -0.254. The highest BCUT2D eigenvalue weighted by molar-refractivity contribution is 9.10. The predicted molar refractivity (Wildman–Crippen MR) is 76.0 cm³/mol. The molecule has 94 valence electrons. The van der Waals surface area contributed by atoms with Crippen molar-refractivity contribution in [3.63, 3.8) is 0 Å². The molecule has 0 fully saturated rings. The molecule has 0 aliphatic heterocycles. The largest absolute Gasteiger partial charge is 0.321 e. The van der Waals surface area contributed by atoms with E-state index < -0.39 is 0 Å². The summed E-state index contributed by atoms with van der Waals surface area (Å²) in [5.41, 5.74) is 1.99. The van der Waals surface area contributed by atoms with Crippen LogP contribution in [-0.2, 0) is 0 Å². The van der Waals surface area contributed by atoms with Crippen molar-refractivity contribution < 1.29 is 4.79 Å². The zero-order chi connectivity index (χ0) is 13.2. The average molecular weight is 317 g/mol. The van der Waals surface area contributed by atoms with E-state index >= 15 is 0 Å². The lowest BCUT2D eigenvalue weighted by molar-refractivity contribution is 0.102. The number of H-pyrrole nitrogens is 1. The van der Waals surface area contributed by atoms with Crippen LogP contribution in [0.2, 0.25) is 0 Å². The standard InChI is InChI=1S/C13H9BrN4O/c14-10-2-1-5-15-12(10)13(19)17-9-3-4-11-8(6-9)7-16-18-11/h1-7H,(H,16,18)(H,17,19). The van der Waals surface area contributed by atoms with Crippen LogP contribution in [0.25, 0.3) is 10.9 Å². The first-order valence-corrected chi connectivity index (χ1v) is 6.38. The molecule has 1 amide bonds. The van der Waals surface area contributed by atoms with Gasteiger partial charge in [0.25, 0.3) is 5.91 Å². The Hall–Kier alpha value is -2.21. The third-order valence-electron chi connectivity index (χ3n) is 2.67. The lowest BCUT2D eigenvalue weighted by atomic mass is 10.2. The number of fused-ring (bicyclic) bond motifs is 1. The van der Waals surface area contributed by atoms with E-state index in [2.05, 4.69) is 36.4 Å². The van der Waals surface area contributed by atoms with Gasteiger partial charge in [-0.15, -0.1) is 0 Å². The highest BCUT2D eigenvalue weighted by atomic mass is 79.9. The van der Waals surface area contributed by atoms with Gasteiger partial charge in [0.2, 0.25) is 0 Å². The number of carbonyl (C=O) groups excluding carboxylic acids is 1. The highest BCUT2D eigenvalue weighted by Crippen LogP contribution is 2.19. The molecular formula is C13H9BrN4O. The van der Waals surface area contributed by atoms with Crippen molar-refractivity contribution in [3.8, 4) is 0 Å². The van der Waals surface area contributed by atoms with Crippen LogP contribution in [0.1, 0.15) is 10.5 Å². The molecule has 2 aromatic heterocycles. The van der Waals surface area contributed by atoms with Gasteiger partial charge >= 0.3 is 0 Å². The van der Waals surface area contributed by atoms with Crippen molar-refractivity contribution in [2.75, 3.05) is 5.32 Å². The smallest absolute Gasteiger partial charge is 0.275 e. The topological polar surface area (TPSA) is 70.7 Å². The number of anilines is 1. The molecule has 1 aromatic carbocycles. The monoisotopic (exact) mass is 316 g/mol. The van der Waals surface area contributed by atoms with Gasteiger partial charge in [0.15, 0.2) is 0 Å². The highest BCUT2D eigenvalue weighted by Gasteiger charge is 2.11. The number of rotatable bonds is 2. The van der Waals surface area contributed by atoms with Crippen LogP contribution in [0, 0.1) is 0 Å². The van der Waals surface area contributed by atoms with Crippen LogP contribution in [0.4, 0.5) is 5.69 Å². The minimum Gasteiger partial charge on any atom is -0.321 e. The van der Waals surface area contributed by atoms with Gasteiger partial charge < -0.3 is 5.32 Å². The maximum absolute atomic E-state index is 12.1. The fourth-order valence-corrected chi connectivity index (χ4v) is 2.20. The first-order chi connectivity index (χ1) is 9.24. The maximum Gasteiger partial charge on any atom is 0.275 e. The van der Waals surface area contributed by atoms with E-state index in [-0.39, 0.29) is 5.91 Å². The van der Waals surface area contributed by atoms with Crippen LogP contribution in [0.3, 0.4) is 0 Å². The lowest BCUT2D eigenvalue weighted by Crippen LogP contribution is -2.14. The molecule has 0 saturated carbocycles. The summed E-state index contributed by atoms with van der Waals surface area (Å²) in [6.45, 7) is 0. The fourth-order valence-electron chi connectivity index (χ4n) is 1.76. The minimum absolute atomic E-state index is 0.254. The van der Waals surface area contributed by atoms with Crippen LogP contribution < -0.4 is 5.32 Å².